The van der Waals surface area contributed by atoms with Crippen LogP contribution >= 0.6 is 0 Å². The molecule has 2 atom stereocenters. The maximum absolute atomic E-state index is 12.7. The largest absolute Gasteiger partial charge is 0.507 e. The van der Waals surface area contributed by atoms with Gasteiger partial charge >= 0.3 is 0 Å². The fourth-order valence-electron chi connectivity index (χ4n) is 5.34. The predicted molar refractivity (Wildman–Crippen MR) is 114 cm³/mol. The van der Waals surface area contributed by atoms with Crippen LogP contribution in [0.25, 0.3) is 0 Å². The summed E-state index contributed by atoms with van der Waals surface area (Å²) in [5.41, 5.74) is 1.99. The summed E-state index contributed by atoms with van der Waals surface area (Å²) in [6.07, 6.45) is 8.93. The van der Waals surface area contributed by atoms with Crippen LogP contribution in [-0.4, -0.2) is 16.5 Å². The molecule has 1 aromatic rings. The van der Waals surface area contributed by atoms with Gasteiger partial charge in [0.05, 0.1) is 0 Å². The van der Waals surface area contributed by atoms with Gasteiger partial charge in [0.2, 0.25) is 0 Å². The summed E-state index contributed by atoms with van der Waals surface area (Å²) in [5.74, 6) is 0.971. The lowest BCUT2D eigenvalue weighted by molar-refractivity contribution is -0.0947. The minimum atomic E-state index is -0.402. The molecule has 2 aliphatic rings. The Balaban J connectivity index is 2.01. The summed E-state index contributed by atoms with van der Waals surface area (Å²) in [4.78, 5) is 12.7. The first-order valence-electron chi connectivity index (χ1n) is 10.8. The Morgan fingerprint density at radius 3 is 2.54 bits per heavy atom. The van der Waals surface area contributed by atoms with Crippen LogP contribution in [0, 0.1) is 5.41 Å². The van der Waals surface area contributed by atoms with E-state index in [4.69, 9.17) is 4.74 Å². The lowest BCUT2D eigenvalue weighted by Gasteiger charge is -2.60. The molecule has 0 fully saturated rings. The fraction of sp³-hybridized carbons (Fsp3) is 0.640. The third kappa shape index (κ3) is 3.17. The van der Waals surface area contributed by atoms with Crippen molar-refractivity contribution < 1.29 is 14.6 Å². The van der Waals surface area contributed by atoms with E-state index >= 15 is 0 Å². The van der Waals surface area contributed by atoms with Gasteiger partial charge in [-0.15, -0.1) is 0 Å². The molecule has 1 heterocycles. The third-order valence-electron chi connectivity index (χ3n) is 7.62. The van der Waals surface area contributed by atoms with Crippen LogP contribution in [0.2, 0.25) is 0 Å². The first-order valence-corrected chi connectivity index (χ1v) is 10.8. The van der Waals surface area contributed by atoms with E-state index in [0.717, 1.165) is 44.1 Å². The highest BCUT2D eigenvalue weighted by atomic mass is 16.5. The minimum Gasteiger partial charge on any atom is -0.507 e. The van der Waals surface area contributed by atoms with Gasteiger partial charge in [-0.1, -0.05) is 51.7 Å². The molecule has 0 bridgehead atoms. The Morgan fingerprint density at radius 2 is 1.86 bits per heavy atom. The maximum atomic E-state index is 12.7. The second kappa shape index (κ2) is 7.24. The van der Waals surface area contributed by atoms with E-state index in [0.29, 0.717) is 17.7 Å². The van der Waals surface area contributed by atoms with Crippen LogP contribution in [0.1, 0.15) is 102 Å². The van der Waals surface area contributed by atoms with Crippen LogP contribution in [0.15, 0.2) is 23.8 Å². The molecule has 154 valence electrons. The summed E-state index contributed by atoms with van der Waals surface area (Å²) in [7, 11) is 0. The number of ketones is 1. The summed E-state index contributed by atoms with van der Waals surface area (Å²) < 4.78 is 6.47. The van der Waals surface area contributed by atoms with Crippen LogP contribution in [0.5, 0.6) is 11.5 Å². The third-order valence-corrected chi connectivity index (χ3v) is 7.62. The highest BCUT2D eigenvalue weighted by Crippen LogP contribution is 2.64. The van der Waals surface area contributed by atoms with Gasteiger partial charge in [-0.25, -0.2) is 0 Å². The SMILES string of the molecule is CCCCCCC(=O)c1cc(O)c2c(c1)OC(C)(C)[C@]1(C)CC=C(C)C[C@@]21C. The monoisotopic (exact) mass is 384 g/mol. The number of Topliss-reactive ketones (excluding diaryl/α,β-unsaturated/α-hetero) is 1. The molecule has 0 radical (unpaired) electrons. The van der Waals surface area contributed by atoms with Gasteiger partial charge in [-0.05, 0) is 52.2 Å². The zero-order valence-corrected chi connectivity index (χ0v) is 18.4. The van der Waals surface area contributed by atoms with Crippen molar-refractivity contribution in [1.82, 2.24) is 0 Å². The lowest BCUT2D eigenvalue weighted by atomic mass is 9.48. The Kier molecular flexibility index (Phi) is 5.42. The van der Waals surface area contributed by atoms with Gasteiger partial charge in [0.25, 0.3) is 0 Å². The summed E-state index contributed by atoms with van der Waals surface area (Å²) in [6.45, 7) is 13.1. The van der Waals surface area contributed by atoms with Gasteiger partial charge in [0.15, 0.2) is 5.78 Å². The predicted octanol–water partition coefficient (Wildman–Crippen LogP) is 6.72. The van der Waals surface area contributed by atoms with Gasteiger partial charge in [-0.2, -0.15) is 0 Å². The highest BCUT2D eigenvalue weighted by Gasteiger charge is 2.61. The van der Waals surface area contributed by atoms with Crippen LogP contribution < -0.4 is 4.74 Å². The van der Waals surface area contributed by atoms with Crippen molar-refractivity contribution in [3.8, 4) is 11.5 Å². The Morgan fingerprint density at radius 1 is 1.14 bits per heavy atom. The molecule has 1 aliphatic carbocycles. The standard InChI is InChI=1S/C25H36O3/c1-7-8-9-10-11-19(26)18-14-20(27)22-21(15-18)28-23(3,4)25(6)13-12-17(2)16-24(22,25)5/h12,14-15,27H,7-11,13,16H2,1-6H3/t24-,25-/m0/s1. The smallest absolute Gasteiger partial charge is 0.163 e. The van der Waals surface area contributed by atoms with E-state index in [2.05, 4.69) is 47.6 Å². The maximum Gasteiger partial charge on any atom is 0.163 e. The van der Waals surface area contributed by atoms with Crippen molar-refractivity contribution >= 4 is 5.78 Å². The van der Waals surface area contributed by atoms with Crippen molar-refractivity contribution in [2.45, 2.75) is 97.5 Å². The molecule has 0 aromatic heterocycles. The molecule has 0 spiro atoms. The van der Waals surface area contributed by atoms with E-state index in [9.17, 15) is 9.90 Å². The zero-order chi connectivity index (χ0) is 20.7. The molecule has 0 unspecified atom stereocenters. The number of rotatable bonds is 6. The number of carbonyl (C=O) groups excluding carboxylic acids is 1. The second-order valence-corrected chi connectivity index (χ2v) is 9.81. The van der Waals surface area contributed by atoms with Crippen molar-refractivity contribution in [1.29, 1.82) is 0 Å². The molecule has 1 aliphatic heterocycles. The van der Waals surface area contributed by atoms with E-state index in [1.165, 1.54) is 5.57 Å². The number of unbranched alkanes of at least 4 members (excludes halogenated alkanes) is 3. The van der Waals surface area contributed by atoms with Crippen LogP contribution in [0.4, 0.5) is 0 Å². The van der Waals surface area contributed by atoms with Crippen molar-refractivity contribution in [3.63, 3.8) is 0 Å². The summed E-state index contributed by atoms with van der Waals surface area (Å²) in [5, 5.41) is 11.0. The first-order chi connectivity index (χ1) is 13.1. The molecule has 0 saturated heterocycles. The number of carbonyl (C=O) groups is 1. The van der Waals surface area contributed by atoms with Gasteiger partial charge in [0.1, 0.15) is 17.1 Å². The number of hydrogen-bond donors (Lipinski definition) is 1. The Hall–Kier alpha value is -1.77. The van der Waals surface area contributed by atoms with E-state index in [-0.39, 0.29) is 22.4 Å². The number of fused-ring (bicyclic) bond motifs is 3. The number of aromatic hydroxyl groups is 1. The van der Waals surface area contributed by atoms with Gasteiger partial charge in [0, 0.05) is 28.4 Å². The number of benzene rings is 1. The minimum absolute atomic E-state index is 0.0915. The van der Waals surface area contributed by atoms with Gasteiger partial charge < -0.3 is 9.84 Å². The molecule has 3 heteroatoms. The highest BCUT2D eigenvalue weighted by molar-refractivity contribution is 5.97. The van der Waals surface area contributed by atoms with Crippen LogP contribution in [0.3, 0.4) is 0 Å². The summed E-state index contributed by atoms with van der Waals surface area (Å²) in [6, 6.07) is 3.54. The molecule has 3 rings (SSSR count). The van der Waals surface area contributed by atoms with Crippen molar-refractivity contribution in [2.75, 3.05) is 0 Å². The average molecular weight is 385 g/mol. The molecule has 0 amide bonds. The Bertz CT molecular complexity index is 804. The number of ether oxygens (including phenoxy) is 1. The quantitative estimate of drug-likeness (QED) is 0.336. The first kappa shape index (κ1) is 21.0. The summed E-state index contributed by atoms with van der Waals surface area (Å²) >= 11 is 0. The molecule has 3 nitrogen and oxygen atoms in total. The van der Waals surface area contributed by atoms with E-state index in [1.54, 1.807) is 6.07 Å². The van der Waals surface area contributed by atoms with E-state index in [1.807, 2.05) is 6.07 Å². The number of phenolic OH excluding ortho intramolecular Hbond substituents is 1. The van der Waals surface area contributed by atoms with Gasteiger partial charge in [-0.3, -0.25) is 4.79 Å². The average Bonchev–Trinajstić information content (AvgIpc) is 2.60. The number of allylic oxidation sites excluding steroid dienone is 2. The topological polar surface area (TPSA) is 46.5 Å². The molecule has 0 saturated carbocycles. The normalized spacial score (nSPS) is 28.0. The van der Waals surface area contributed by atoms with Crippen LogP contribution in [-0.2, 0) is 5.41 Å². The molecular weight excluding hydrogens is 348 g/mol. The Labute approximate surface area is 170 Å². The number of phenols is 1. The van der Waals surface area contributed by atoms with Crippen molar-refractivity contribution in [2.24, 2.45) is 5.41 Å². The number of hydrogen-bond acceptors (Lipinski definition) is 3. The fourth-order valence-corrected chi connectivity index (χ4v) is 5.34. The molecular formula is C25H36O3. The van der Waals surface area contributed by atoms with E-state index < -0.39 is 5.60 Å². The molecule has 28 heavy (non-hydrogen) atoms. The molecule has 1 aromatic carbocycles. The van der Waals surface area contributed by atoms with Crippen molar-refractivity contribution in [3.05, 3.63) is 34.9 Å². The second-order valence-electron chi connectivity index (χ2n) is 9.81. The lowest BCUT2D eigenvalue weighted by Crippen LogP contribution is -2.61. The zero-order valence-electron chi connectivity index (χ0n) is 18.4. The molecule has 1 N–H and O–H groups in total.